The van der Waals surface area contributed by atoms with E-state index in [1.165, 1.54) is 16.8 Å². The quantitative estimate of drug-likeness (QED) is 0.295. The highest BCUT2D eigenvalue weighted by molar-refractivity contribution is 6.99. The average Bonchev–Trinajstić information content (AvgIpc) is 3.44. The van der Waals surface area contributed by atoms with Crippen LogP contribution in [0.25, 0.3) is 0 Å². The number of ether oxygens (including phenoxy) is 3. The first-order chi connectivity index (χ1) is 20.7. The van der Waals surface area contributed by atoms with Gasteiger partial charge in [-0.2, -0.15) is 0 Å². The number of H-pyrrole nitrogens is 1. The van der Waals surface area contributed by atoms with Crippen LogP contribution in [0.15, 0.2) is 113 Å². The Labute approximate surface area is 252 Å². The maximum absolute atomic E-state index is 12.9. The summed E-state index contributed by atoms with van der Waals surface area (Å²) in [6, 6.07) is 32.1. The van der Waals surface area contributed by atoms with Crippen LogP contribution in [0.3, 0.4) is 0 Å². The number of nitrogens with one attached hydrogen (secondary N) is 1. The molecule has 6 rings (SSSR count). The van der Waals surface area contributed by atoms with E-state index >= 15 is 0 Å². The van der Waals surface area contributed by atoms with E-state index in [0.29, 0.717) is 6.61 Å². The highest BCUT2D eigenvalue weighted by atomic mass is 28.4. The third kappa shape index (κ3) is 5.15. The summed E-state index contributed by atoms with van der Waals surface area (Å²) in [5.74, 6) is 0. The van der Waals surface area contributed by atoms with Gasteiger partial charge in [0.05, 0.1) is 19.3 Å². The molecule has 5 atom stereocenters. The molecule has 9 heteroatoms. The molecule has 2 aliphatic rings. The number of benzene rings is 3. The first-order valence-corrected chi connectivity index (χ1v) is 16.6. The van der Waals surface area contributed by atoms with Gasteiger partial charge < -0.3 is 18.6 Å². The molecule has 3 aromatic carbocycles. The summed E-state index contributed by atoms with van der Waals surface area (Å²) in [6.45, 7) is 9.20. The number of fused-ring (bicyclic) bond motifs is 2. The minimum atomic E-state index is -2.93. The molecule has 1 aromatic heterocycles. The first kappa shape index (κ1) is 29.5. The second-order valence-electron chi connectivity index (χ2n) is 12.4. The van der Waals surface area contributed by atoms with Gasteiger partial charge in [0, 0.05) is 12.3 Å². The van der Waals surface area contributed by atoms with E-state index in [1.54, 1.807) is 0 Å². The Morgan fingerprint density at radius 2 is 1.47 bits per heavy atom. The Morgan fingerprint density at radius 1 is 0.884 bits per heavy atom. The summed E-state index contributed by atoms with van der Waals surface area (Å²) in [6.07, 6.45) is -0.865. The van der Waals surface area contributed by atoms with Gasteiger partial charge >= 0.3 is 5.69 Å². The van der Waals surface area contributed by atoms with E-state index in [9.17, 15) is 9.59 Å². The molecule has 43 heavy (non-hydrogen) atoms. The molecule has 2 aliphatic heterocycles. The van der Waals surface area contributed by atoms with Gasteiger partial charge in [0.15, 0.2) is 6.23 Å². The van der Waals surface area contributed by atoms with E-state index in [-0.39, 0.29) is 17.7 Å². The average molecular weight is 599 g/mol. The molecule has 0 aliphatic carbocycles. The smallest absolute Gasteiger partial charge is 0.330 e. The first-order valence-electron chi connectivity index (χ1n) is 14.7. The fraction of sp³-hybridized carbons (Fsp3) is 0.353. The summed E-state index contributed by atoms with van der Waals surface area (Å²) in [4.78, 5) is 27.1. The Balaban J connectivity index is 1.43. The SMILES string of the molecule is C[C@H]1O[C@H]2[C@H](n3ccc(=O)[nH]c3=O)O[C@]1(CO[Si](c1ccccc1)(c1ccccc1)C(C)(C)C)[C@H]2OCc1ccccc1. The van der Waals surface area contributed by atoms with Crippen LogP contribution >= 0.6 is 0 Å². The van der Waals surface area contributed by atoms with Gasteiger partial charge in [-0.25, -0.2) is 4.79 Å². The van der Waals surface area contributed by atoms with Crippen molar-refractivity contribution in [1.29, 1.82) is 0 Å². The third-order valence-corrected chi connectivity index (χ3v) is 13.8. The van der Waals surface area contributed by atoms with E-state index in [0.717, 1.165) is 15.9 Å². The number of nitrogens with zero attached hydrogens (tertiary/aromatic N) is 1. The summed E-state index contributed by atoms with van der Waals surface area (Å²) in [7, 11) is -2.93. The van der Waals surface area contributed by atoms with Crippen LogP contribution in [0, 0.1) is 0 Å². The van der Waals surface area contributed by atoms with Crippen molar-refractivity contribution in [1.82, 2.24) is 9.55 Å². The van der Waals surface area contributed by atoms with Crippen molar-refractivity contribution < 1.29 is 18.6 Å². The van der Waals surface area contributed by atoms with Crippen molar-refractivity contribution in [3.8, 4) is 0 Å². The summed E-state index contributed by atoms with van der Waals surface area (Å²) >= 11 is 0. The summed E-state index contributed by atoms with van der Waals surface area (Å²) in [5.41, 5.74) is -1.04. The number of aromatic nitrogens is 2. The Bertz CT molecular complexity index is 1610. The minimum Gasteiger partial charge on any atom is -0.404 e. The van der Waals surface area contributed by atoms with Crippen LogP contribution in [0.4, 0.5) is 0 Å². The topological polar surface area (TPSA) is 91.8 Å². The zero-order valence-electron chi connectivity index (χ0n) is 24.9. The molecule has 0 amide bonds. The van der Waals surface area contributed by atoms with E-state index in [4.69, 9.17) is 18.6 Å². The highest BCUT2D eigenvalue weighted by Crippen LogP contribution is 2.51. The van der Waals surface area contributed by atoms with Crippen LogP contribution in [-0.2, 0) is 25.2 Å². The van der Waals surface area contributed by atoms with Crippen molar-refractivity contribution in [2.24, 2.45) is 0 Å². The van der Waals surface area contributed by atoms with Crippen LogP contribution in [0.5, 0.6) is 0 Å². The molecule has 0 saturated carbocycles. The highest BCUT2D eigenvalue weighted by Gasteiger charge is 2.68. The molecular weight excluding hydrogens is 560 g/mol. The molecule has 1 N–H and O–H groups in total. The zero-order chi connectivity index (χ0) is 30.2. The molecule has 4 aromatic rings. The van der Waals surface area contributed by atoms with Gasteiger partial charge in [-0.05, 0) is 27.9 Å². The number of hydrogen-bond acceptors (Lipinski definition) is 6. The fourth-order valence-corrected chi connectivity index (χ4v) is 11.3. The van der Waals surface area contributed by atoms with Crippen LogP contribution in [-0.4, -0.2) is 48.4 Å². The molecular formula is C34H38N2O6Si. The van der Waals surface area contributed by atoms with Crippen molar-refractivity contribution in [2.45, 2.75) is 69.5 Å². The van der Waals surface area contributed by atoms with Gasteiger partial charge in [-0.3, -0.25) is 14.3 Å². The maximum atomic E-state index is 12.9. The second kappa shape index (κ2) is 11.5. The molecule has 8 nitrogen and oxygen atoms in total. The van der Waals surface area contributed by atoms with Crippen molar-refractivity contribution in [2.75, 3.05) is 6.61 Å². The number of hydrogen-bond donors (Lipinski definition) is 1. The normalized spacial score (nSPS) is 25.2. The summed E-state index contributed by atoms with van der Waals surface area (Å²) in [5, 5.41) is 2.06. The van der Waals surface area contributed by atoms with Gasteiger partial charge in [-0.15, -0.1) is 0 Å². The molecule has 0 spiro atoms. The number of rotatable bonds is 9. The largest absolute Gasteiger partial charge is 0.404 e. The van der Waals surface area contributed by atoms with E-state index in [2.05, 4.69) is 74.3 Å². The molecule has 3 heterocycles. The molecule has 0 unspecified atom stereocenters. The van der Waals surface area contributed by atoms with Crippen LogP contribution in [0.2, 0.25) is 5.04 Å². The minimum absolute atomic E-state index is 0.187. The van der Waals surface area contributed by atoms with E-state index < -0.39 is 43.6 Å². The van der Waals surface area contributed by atoms with Gasteiger partial charge in [0.1, 0.15) is 17.8 Å². The maximum Gasteiger partial charge on any atom is 0.330 e. The lowest BCUT2D eigenvalue weighted by Crippen LogP contribution is -2.68. The standard InChI is InChI=1S/C34H38N2O6Si/c1-24-34(23-40-43(33(2,3)4,26-16-10-6-11-17-26)27-18-12-7-13-19-27)30(39-22-25-14-8-5-9-15-25)29(41-24)31(42-34)36-21-20-28(37)35-32(36)38/h5-21,24,29-31H,22-23H2,1-4H3,(H,35,37,38)/t24-,29-,30+,31-,34+/m1/s1. The van der Waals surface area contributed by atoms with E-state index in [1.807, 2.05) is 49.4 Å². The lowest BCUT2D eigenvalue weighted by Gasteiger charge is -2.46. The predicted molar refractivity (Wildman–Crippen MR) is 167 cm³/mol. The molecule has 224 valence electrons. The molecule has 0 radical (unpaired) electrons. The molecule has 2 fully saturated rings. The Kier molecular flexibility index (Phi) is 7.87. The summed E-state index contributed by atoms with van der Waals surface area (Å²) < 4.78 is 28.7. The fourth-order valence-electron chi connectivity index (χ4n) is 6.66. The zero-order valence-corrected chi connectivity index (χ0v) is 25.9. The lowest BCUT2D eigenvalue weighted by atomic mass is 9.94. The lowest BCUT2D eigenvalue weighted by molar-refractivity contribution is -0.218. The van der Waals surface area contributed by atoms with Gasteiger partial charge in [0.25, 0.3) is 13.9 Å². The monoisotopic (exact) mass is 598 g/mol. The Morgan fingerprint density at radius 3 is 2.02 bits per heavy atom. The van der Waals surface area contributed by atoms with Crippen LogP contribution < -0.4 is 21.6 Å². The molecule has 2 saturated heterocycles. The van der Waals surface area contributed by atoms with Crippen molar-refractivity contribution in [3.05, 3.63) is 130 Å². The predicted octanol–water partition coefficient (Wildman–Crippen LogP) is 3.75. The van der Waals surface area contributed by atoms with Gasteiger partial charge in [0.2, 0.25) is 0 Å². The number of aromatic amines is 1. The third-order valence-electron chi connectivity index (χ3n) is 8.78. The second-order valence-corrected chi connectivity index (χ2v) is 16.7. The van der Waals surface area contributed by atoms with Crippen LogP contribution in [0.1, 0.15) is 39.5 Å². The van der Waals surface area contributed by atoms with Gasteiger partial charge in [-0.1, -0.05) is 112 Å². The van der Waals surface area contributed by atoms with Crippen molar-refractivity contribution in [3.63, 3.8) is 0 Å². The molecule has 2 bridgehead atoms. The van der Waals surface area contributed by atoms with Crippen molar-refractivity contribution >= 4 is 18.7 Å². The Hall–Kier alpha value is -3.60.